The normalized spacial score (nSPS) is 25.2. The molecule has 1 aliphatic carbocycles. The summed E-state index contributed by atoms with van der Waals surface area (Å²) in [6.45, 7) is 1.88. The molecule has 106 valence electrons. The van der Waals surface area contributed by atoms with Crippen molar-refractivity contribution in [1.82, 2.24) is 0 Å². The molecule has 4 heteroatoms. The number of benzene rings is 1. The highest BCUT2D eigenvalue weighted by atomic mass is 16.5. The monoisotopic (exact) mass is 280 g/mol. The SMILES string of the molecule is C[C@]1(c2ccccc2)C(C#N)=C(N)OC2=C1C(=O)CCC2. The highest BCUT2D eigenvalue weighted by Crippen LogP contribution is 2.47. The van der Waals surface area contributed by atoms with Crippen LogP contribution in [0.3, 0.4) is 0 Å². The summed E-state index contributed by atoms with van der Waals surface area (Å²) in [6.07, 6.45) is 1.93. The number of nitriles is 1. The molecule has 2 N–H and O–H groups in total. The summed E-state index contributed by atoms with van der Waals surface area (Å²) < 4.78 is 5.57. The Morgan fingerprint density at radius 2 is 2.00 bits per heavy atom. The van der Waals surface area contributed by atoms with E-state index in [-0.39, 0.29) is 11.7 Å². The molecule has 0 radical (unpaired) electrons. The Labute approximate surface area is 123 Å². The van der Waals surface area contributed by atoms with Gasteiger partial charge in [-0.15, -0.1) is 0 Å². The molecule has 2 aliphatic rings. The van der Waals surface area contributed by atoms with Crippen molar-refractivity contribution in [3.8, 4) is 6.07 Å². The molecule has 0 saturated heterocycles. The van der Waals surface area contributed by atoms with E-state index in [0.29, 0.717) is 29.7 Å². The second-order valence-corrected chi connectivity index (χ2v) is 5.52. The summed E-state index contributed by atoms with van der Waals surface area (Å²) in [7, 11) is 0. The maximum Gasteiger partial charge on any atom is 0.205 e. The lowest BCUT2D eigenvalue weighted by molar-refractivity contribution is -0.117. The van der Waals surface area contributed by atoms with Gasteiger partial charge in [-0.05, 0) is 18.9 Å². The molecule has 0 saturated carbocycles. The first-order valence-corrected chi connectivity index (χ1v) is 6.99. The van der Waals surface area contributed by atoms with Crippen molar-refractivity contribution in [2.75, 3.05) is 0 Å². The second kappa shape index (κ2) is 4.78. The molecule has 0 bridgehead atoms. The fourth-order valence-corrected chi connectivity index (χ4v) is 3.26. The van der Waals surface area contributed by atoms with Crippen LogP contribution in [0, 0.1) is 11.3 Å². The largest absolute Gasteiger partial charge is 0.444 e. The lowest BCUT2D eigenvalue weighted by Crippen LogP contribution is -2.39. The number of allylic oxidation sites excluding steroid dienone is 3. The Hall–Kier alpha value is -2.54. The average Bonchev–Trinajstić information content (AvgIpc) is 2.48. The number of rotatable bonds is 1. The highest BCUT2D eigenvalue weighted by Gasteiger charge is 2.47. The first-order chi connectivity index (χ1) is 10.1. The molecule has 0 unspecified atom stereocenters. The third-order valence-corrected chi connectivity index (χ3v) is 4.31. The van der Waals surface area contributed by atoms with Gasteiger partial charge in [-0.2, -0.15) is 5.26 Å². The Balaban J connectivity index is 2.30. The Bertz CT molecular complexity index is 710. The van der Waals surface area contributed by atoms with Gasteiger partial charge < -0.3 is 10.5 Å². The molecule has 1 atom stereocenters. The number of nitrogens with zero attached hydrogens (tertiary/aromatic N) is 1. The minimum atomic E-state index is -0.828. The van der Waals surface area contributed by atoms with Crippen molar-refractivity contribution in [3.05, 3.63) is 58.7 Å². The zero-order chi connectivity index (χ0) is 15.0. The predicted molar refractivity (Wildman–Crippen MR) is 77.6 cm³/mol. The van der Waals surface area contributed by atoms with Crippen LogP contribution in [-0.2, 0) is 14.9 Å². The van der Waals surface area contributed by atoms with Crippen LogP contribution in [0.5, 0.6) is 0 Å². The van der Waals surface area contributed by atoms with Gasteiger partial charge in [-0.3, -0.25) is 4.79 Å². The molecule has 0 aromatic heterocycles. The van der Waals surface area contributed by atoms with E-state index in [1.165, 1.54) is 0 Å². The van der Waals surface area contributed by atoms with Crippen LogP contribution in [0.1, 0.15) is 31.7 Å². The molecule has 1 heterocycles. The number of Topliss-reactive ketones (excluding diaryl/α,β-unsaturated/α-hetero) is 1. The topological polar surface area (TPSA) is 76.1 Å². The Morgan fingerprint density at radius 3 is 2.67 bits per heavy atom. The van der Waals surface area contributed by atoms with Crippen LogP contribution in [0.4, 0.5) is 0 Å². The maximum absolute atomic E-state index is 12.5. The number of ketones is 1. The number of hydrogen-bond acceptors (Lipinski definition) is 4. The van der Waals surface area contributed by atoms with Gasteiger partial charge in [-0.25, -0.2) is 0 Å². The van der Waals surface area contributed by atoms with Crippen LogP contribution < -0.4 is 5.73 Å². The maximum atomic E-state index is 12.5. The predicted octanol–water partition coefficient (Wildman–Crippen LogP) is 2.68. The van der Waals surface area contributed by atoms with E-state index < -0.39 is 5.41 Å². The van der Waals surface area contributed by atoms with E-state index in [4.69, 9.17) is 10.5 Å². The van der Waals surface area contributed by atoms with E-state index in [9.17, 15) is 10.1 Å². The van der Waals surface area contributed by atoms with E-state index >= 15 is 0 Å². The van der Waals surface area contributed by atoms with Gasteiger partial charge in [0.2, 0.25) is 5.88 Å². The molecule has 3 rings (SSSR count). The molecule has 1 aliphatic heterocycles. The molecular weight excluding hydrogens is 264 g/mol. The summed E-state index contributed by atoms with van der Waals surface area (Å²) >= 11 is 0. The standard InChI is InChI=1S/C17H16N2O2/c1-17(11-6-3-2-4-7-11)12(10-18)16(19)21-14-9-5-8-13(20)15(14)17/h2-4,6-7H,5,8-9,19H2,1H3/t17-/m0/s1. The number of carbonyl (C=O) groups excluding carboxylic acids is 1. The van der Waals surface area contributed by atoms with Gasteiger partial charge in [-0.1, -0.05) is 30.3 Å². The summed E-state index contributed by atoms with van der Waals surface area (Å²) in [5, 5.41) is 9.53. The zero-order valence-electron chi connectivity index (χ0n) is 11.8. The first-order valence-electron chi connectivity index (χ1n) is 6.99. The van der Waals surface area contributed by atoms with Crippen molar-refractivity contribution < 1.29 is 9.53 Å². The summed E-state index contributed by atoms with van der Waals surface area (Å²) in [4.78, 5) is 12.5. The number of nitrogens with two attached hydrogens (primary N) is 1. The third kappa shape index (κ3) is 1.85. The van der Waals surface area contributed by atoms with Crippen molar-refractivity contribution in [2.24, 2.45) is 5.73 Å². The smallest absolute Gasteiger partial charge is 0.205 e. The van der Waals surface area contributed by atoms with Crippen LogP contribution in [0.2, 0.25) is 0 Å². The Morgan fingerprint density at radius 1 is 1.29 bits per heavy atom. The van der Waals surface area contributed by atoms with Crippen molar-refractivity contribution in [3.63, 3.8) is 0 Å². The lowest BCUT2D eigenvalue weighted by Gasteiger charge is -2.38. The first kappa shape index (κ1) is 13.4. The molecule has 0 amide bonds. The quantitative estimate of drug-likeness (QED) is 0.858. The van der Waals surface area contributed by atoms with Crippen molar-refractivity contribution >= 4 is 5.78 Å². The minimum absolute atomic E-state index is 0.0443. The fourth-order valence-electron chi connectivity index (χ4n) is 3.26. The molecular formula is C17H16N2O2. The van der Waals surface area contributed by atoms with Gasteiger partial charge in [0.1, 0.15) is 17.4 Å². The summed E-state index contributed by atoms with van der Waals surface area (Å²) in [6, 6.07) is 11.7. The van der Waals surface area contributed by atoms with Crippen LogP contribution >= 0.6 is 0 Å². The zero-order valence-corrected chi connectivity index (χ0v) is 11.8. The highest BCUT2D eigenvalue weighted by molar-refractivity contribution is 6.00. The molecule has 4 nitrogen and oxygen atoms in total. The van der Waals surface area contributed by atoms with Gasteiger partial charge in [0, 0.05) is 18.4 Å². The van der Waals surface area contributed by atoms with Crippen LogP contribution in [0.25, 0.3) is 0 Å². The number of hydrogen-bond donors (Lipinski definition) is 1. The molecule has 21 heavy (non-hydrogen) atoms. The Kier molecular flexibility index (Phi) is 3.06. The molecule has 0 spiro atoms. The van der Waals surface area contributed by atoms with E-state index in [2.05, 4.69) is 6.07 Å². The molecule has 1 aromatic carbocycles. The minimum Gasteiger partial charge on any atom is -0.444 e. The van der Waals surface area contributed by atoms with Crippen LogP contribution in [0.15, 0.2) is 53.1 Å². The van der Waals surface area contributed by atoms with Gasteiger partial charge in [0.05, 0.1) is 5.41 Å². The average molecular weight is 280 g/mol. The lowest BCUT2D eigenvalue weighted by atomic mass is 9.66. The molecule has 0 fully saturated rings. The second-order valence-electron chi connectivity index (χ2n) is 5.52. The van der Waals surface area contributed by atoms with Crippen LogP contribution in [-0.4, -0.2) is 5.78 Å². The van der Waals surface area contributed by atoms with Crippen molar-refractivity contribution in [2.45, 2.75) is 31.6 Å². The van der Waals surface area contributed by atoms with Gasteiger partial charge >= 0.3 is 0 Å². The van der Waals surface area contributed by atoms with Gasteiger partial charge in [0.15, 0.2) is 5.78 Å². The summed E-state index contributed by atoms with van der Waals surface area (Å²) in [5.41, 5.74) is 6.90. The van der Waals surface area contributed by atoms with Crippen molar-refractivity contribution in [1.29, 1.82) is 5.26 Å². The number of carbonyl (C=O) groups is 1. The molecule has 1 aromatic rings. The number of ether oxygens (including phenoxy) is 1. The van der Waals surface area contributed by atoms with E-state index in [0.717, 1.165) is 12.0 Å². The summed E-state index contributed by atoms with van der Waals surface area (Å²) in [5.74, 6) is 0.772. The van der Waals surface area contributed by atoms with Gasteiger partial charge in [0.25, 0.3) is 0 Å². The van der Waals surface area contributed by atoms with E-state index in [1.54, 1.807) is 0 Å². The van der Waals surface area contributed by atoms with E-state index in [1.807, 2.05) is 37.3 Å². The fraction of sp³-hybridized carbons (Fsp3) is 0.294. The third-order valence-electron chi connectivity index (χ3n) is 4.31.